The normalized spacial score (nSPS) is 14.1. The molecule has 1 heterocycles. The molecular weight excluding hydrogens is 370 g/mol. The van der Waals surface area contributed by atoms with Crippen LogP contribution in [-0.4, -0.2) is 37.5 Å². The summed E-state index contributed by atoms with van der Waals surface area (Å²) in [6.07, 6.45) is 1.07. The lowest BCUT2D eigenvalue weighted by molar-refractivity contribution is 0.390. The lowest BCUT2D eigenvalue weighted by Gasteiger charge is -2.18. The van der Waals surface area contributed by atoms with Crippen LogP contribution in [0.15, 0.2) is 56.8 Å². The first kappa shape index (κ1) is 19.9. The fraction of sp³-hybridized carbons (Fsp3) is 0.286. The first-order valence-corrected chi connectivity index (χ1v) is 10.1. The number of guanidine groups is 1. The van der Waals surface area contributed by atoms with Gasteiger partial charge >= 0.3 is 0 Å². The maximum Gasteiger partial charge on any atom is 0.195 e. The minimum atomic E-state index is 0.396. The van der Waals surface area contributed by atoms with Crippen LogP contribution in [0.1, 0.15) is 23.1 Å². The van der Waals surface area contributed by atoms with Crippen LogP contribution in [0.2, 0.25) is 0 Å². The Kier molecular flexibility index (Phi) is 7.08. The summed E-state index contributed by atoms with van der Waals surface area (Å²) in [4.78, 5) is 8.46. The predicted octanol–water partition coefficient (Wildman–Crippen LogP) is 4.20. The van der Waals surface area contributed by atoms with Gasteiger partial charge in [0, 0.05) is 36.3 Å². The Balaban J connectivity index is 1.60. The van der Waals surface area contributed by atoms with E-state index in [9.17, 15) is 0 Å². The number of ether oxygens (including phenoxy) is 1. The standard InChI is InChI=1S/C21H25N5OS/c1-15-13-19(16(2)12-18(15)25-21-23-10-7-11-24-21)27-14-28-26-20(22-3)17-8-5-4-6-9-17/h4-6,8-9,12-13H,3,7,10-11,14H2,1-2H3,(H2,23,24,25)/b26-20-. The van der Waals surface area contributed by atoms with Crippen LogP contribution in [0.25, 0.3) is 0 Å². The first-order valence-electron chi connectivity index (χ1n) is 9.19. The van der Waals surface area contributed by atoms with Gasteiger partial charge in [0.15, 0.2) is 17.7 Å². The average Bonchev–Trinajstić information content (AvgIpc) is 2.73. The Morgan fingerprint density at radius 1 is 1.25 bits per heavy atom. The highest BCUT2D eigenvalue weighted by Gasteiger charge is 2.09. The lowest BCUT2D eigenvalue weighted by Crippen LogP contribution is -2.35. The maximum atomic E-state index is 5.91. The molecule has 0 radical (unpaired) electrons. The third-order valence-corrected chi connectivity index (χ3v) is 4.80. The van der Waals surface area contributed by atoms with Crippen LogP contribution < -0.4 is 15.4 Å². The van der Waals surface area contributed by atoms with Gasteiger partial charge in [-0.2, -0.15) is 4.40 Å². The first-order chi connectivity index (χ1) is 13.7. The van der Waals surface area contributed by atoms with Crippen molar-refractivity contribution in [1.82, 2.24) is 5.32 Å². The van der Waals surface area contributed by atoms with Crippen molar-refractivity contribution < 1.29 is 4.74 Å². The lowest BCUT2D eigenvalue weighted by atomic mass is 10.1. The van der Waals surface area contributed by atoms with Gasteiger partial charge in [-0.25, -0.2) is 4.99 Å². The summed E-state index contributed by atoms with van der Waals surface area (Å²) in [5.74, 6) is 2.67. The summed E-state index contributed by atoms with van der Waals surface area (Å²) < 4.78 is 10.3. The van der Waals surface area contributed by atoms with E-state index in [-0.39, 0.29) is 0 Å². The third kappa shape index (κ3) is 5.36. The second-order valence-corrected chi connectivity index (χ2v) is 7.08. The Morgan fingerprint density at radius 2 is 2.07 bits per heavy atom. The smallest absolute Gasteiger partial charge is 0.195 e. The van der Waals surface area contributed by atoms with Crippen molar-refractivity contribution in [2.24, 2.45) is 14.4 Å². The second kappa shape index (κ2) is 9.94. The van der Waals surface area contributed by atoms with Crippen LogP contribution in [0.3, 0.4) is 0 Å². The van der Waals surface area contributed by atoms with Crippen LogP contribution in [-0.2, 0) is 0 Å². The van der Waals surface area contributed by atoms with E-state index in [1.165, 1.54) is 11.9 Å². The van der Waals surface area contributed by atoms with Crippen LogP contribution in [0, 0.1) is 13.8 Å². The molecule has 0 spiro atoms. The molecule has 0 unspecified atom stereocenters. The quantitative estimate of drug-likeness (QED) is 0.253. The second-order valence-electron chi connectivity index (χ2n) is 6.40. The van der Waals surface area contributed by atoms with Crippen molar-refractivity contribution in [2.45, 2.75) is 20.3 Å². The molecule has 1 aliphatic heterocycles. The number of rotatable bonds is 6. The van der Waals surface area contributed by atoms with E-state index in [4.69, 9.17) is 4.74 Å². The molecule has 0 amide bonds. The van der Waals surface area contributed by atoms with Gasteiger partial charge in [-0.1, -0.05) is 30.3 Å². The van der Waals surface area contributed by atoms with Gasteiger partial charge in [0.2, 0.25) is 0 Å². The number of benzene rings is 2. The molecule has 0 atom stereocenters. The number of nitrogens with zero attached hydrogens (tertiary/aromatic N) is 3. The Morgan fingerprint density at radius 3 is 2.79 bits per heavy atom. The van der Waals surface area contributed by atoms with Crippen molar-refractivity contribution >= 4 is 36.1 Å². The van der Waals surface area contributed by atoms with Crippen molar-refractivity contribution in [3.8, 4) is 5.75 Å². The fourth-order valence-corrected chi connectivity index (χ4v) is 3.28. The highest BCUT2D eigenvalue weighted by molar-refractivity contribution is 7.98. The zero-order valence-electron chi connectivity index (χ0n) is 16.2. The largest absolute Gasteiger partial charge is 0.481 e. The summed E-state index contributed by atoms with van der Waals surface area (Å²) >= 11 is 1.31. The highest BCUT2D eigenvalue weighted by Crippen LogP contribution is 2.27. The molecule has 0 fully saturated rings. The molecule has 3 rings (SSSR count). The van der Waals surface area contributed by atoms with E-state index in [1.807, 2.05) is 43.3 Å². The molecule has 0 aliphatic carbocycles. The Labute approximate surface area is 170 Å². The minimum Gasteiger partial charge on any atom is -0.481 e. The van der Waals surface area contributed by atoms with Gasteiger partial charge < -0.3 is 15.4 Å². The molecule has 2 aromatic rings. The van der Waals surface area contributed by atoms with E-state index in [0.29, 0.717) is 11.8 Å². The molecule has 7 heteroatoms. The molecule has 0 saturated heterocycles. The molecule has 1 aliphatic rings. The number of nitrogens with one attached hydrogen (secondary N) is 2. The van der Waals surface area contributed by atoms with Crippen LogP contribution in [0.4, 0.5) is 5.69 Å². The summed E-state index contributed by atoms with van der Waals surface area (Å²) in [7, 11) is 0. The van der Waals surface area contributed by atoms with Gasteiger partial charge in [-0.3, -0.25) is 4.99 Å². The predicted molar refractivity (Wildman–Crippen MR) is 120 cm³/mol. The van der Waals surface area contributed by atoms with Crippen molar-refractivity contribution in [3.05, 3.63) is 59.2 Å². The summed E-state index contributed by atoms with van der Waals surface area (Å²) in [5, 5.41) is 6.64. The molecule has 0 bridgehead atoms. The molecule has 6 nitrogen and oxygen atoms in total. The number of anilines is 1. The number of aryl methyl sites for hydroxylation is 2. The zero-order valence-corrected chi connectivity index (χ0v) is 17.1. The molecule has 2 aromatic carbocycles. The minimum absolute atomic E-state index is 0.396. The SMILES string of the molecule is C=N/C(=N\SCOc1cc(C)c(NC2=NCCCN2)cc1C)c1ccccc1. The molecule has 0 aromatic heterocycles. The number of amidine groups is 1. The maximum absolute atomic E-state index is 5.91. The van der Waals surface area contributed by atoms with Gasteiger partial charge in [0.05, 0.1) is 0 Å². The fourth-order valence-electron chi connectivity index (χ4n) is 2.76. The van der Waals surface area contributed by atoms with E-state index in [2.05, 4.69) is 44.7 Å². The number of hydrogen-bond acceptors (Lipinski definition) is 6. The zero-order chi connectivity index (χ0) is 19.8. The van der Waals surface area contributed by atoms with E-state index in [1.54, 1.807) is 0 Å². The Hall–Kier alpha value is -2.80. The summed E-state index contributed by atoms with van der Waals surface area (Å²) in [5.41, 5.74) is 4.12. The molecule has 146 valence electrons. The molecular formula is C21H25N5OS. The molecule has 2 N–H and O–H groups in total. The summed E-state index contributed by atoms with van der Waals surface area (Å²) in [6.45, 7) is 9.50. The van der Waals surface area contributed by atoms with Crippen LogP contribution in [0.5, 0.6) is 5.75 Å². The van der Waals surface area contributed by atoms with E-state index < -0.39 is 0 Å². The number of aliphatic imine (C=N–C) groups is 2. The van der Waals surface area contributed by atoms with Crippen molar-refractivity contribution in [3.63, 3.8) is 0 Å². The van der Waals surface area contributed by atoms with Crippen molar-refractivity contribution in [2.75, 3.05) is 24.3 Å². The monoisotopic (exact) mass is 395 g/mol. The highest BCUT2D eigenvalue weighted by atomic mass is 32.2. The van der Waals surface area contributed by atoms with Gasteiger partial charge in [0.1, 0.15) is 5.75 Å². The molecule has 28 heavy (non-hydrogen) atoms. The summed E-state index contributed by atoms with van der Waals surface area (Å²) in [6, 6.07) is 13.9. The van der Waals surface area contributed by atoms with E-state index in [0.717, 1.165) is 53.6 Å². The van der Waals surface area contributed by atoms with Crippen molar-refractivity contribution in [1.29, 1.82) is 0 Å². The third-order valence-electron chi connectivity index (χ3n) is 4.27. The Bertz CT molecular complexity index is 880. The molecule has 0 saturated carbocycles. The topological polar surface area (TPSA) is 70.4 Å². The van der Waals surface area contributed by atoms with E-state index >= 15 is 0 Å². The number of hydrogen-bond donors (Lipinski definition) is 2. The van der Waals surface area contributed by atoms with Gasteiger partial charge in [-0.05, 0) is 50.2 Å². The van der Waals surface area contributed by atoms with Gasteiger partial charge in [-0.15, -0.1) is 0 Å². The van der Waals surface area contributed by atoms with Gasteiger partial charge in [0.25, 0.3) is 0 Å². The average molecular weight is 396 g/mol. The van der Waals surface area contributed by atoms with Crippen LogP contribution >= 0.6 is 11.9 Å².